The van der Waals surface area contributed by atoms with E-state index in [1.165, 1.54) is 5.56 Å². The summed E-state index contributed by atoms with van der Waals surface area (Å²) >= 11 is 0. The first kappa shape index (κ1) is 22.3. The van der Waals surface area contributed by atoms with Crippen LogP contribution in [0.3, 0.4) is 0 Å². The van der Waals surface area contributed by atoms with E-state index in [0.717, 1.165) is 44.2 Å². The van der Waals surface area contributed by atoms with Crippen LogP contribution in [-0.4, -0.2) is 44.4 Å². The van der Waals surface area contributed by atoms with Crippen LogP contribution in [0.1, 0.15) is 52.0 Å². The van der Waals surface area contributed by atoms with Gasteiger partial charge in [0, 0.05) is 32.2 Å². The van der Waals surface area contributed by atoms with Crippen molar-refractivity contribution in [1.29, 1.82) is 0 Å². The van der Waals surface area contributed by atoms with Gasteiger partial charge < -0.3 is 20.5 Å². The fourth-order valence-corrected chi connectivity index (χ4v) is 3.13. The number of para-hydroxylation sites is 1. The third kappa shape index (κ3) is 8.09. The van der Waals surface area contributed by atoms with Gasteiger partial charge in [0.2, 0.25) is 0 Å². The molecule has 0 aromatic heterocycles. The van der Waals surface area contributed by atoms with Crippen molar-refractivity contribution in [1.82, 2.24) is 10.6 Å². The van der Waals surface area contributed by atoms with Crippen LogP contribution in [0, 0.1) is 11.8 Å². The van der Waals surface area contributed by atoms with Gasteiger partial charge >= 0.3 is 0 Å². The Balaban J connectivity index is 2.68. The van der Waals surface area contributed by atoms with E-state index in [4.69, 9.17) is 9.73 Å². The summed E-state index contributed by atoms with van der Waals surface area (Å²) in [5.41, 5.74) is 1.19. The standard InChI is InChI=1S/C21H37N3O2/c1-6-22-21(24-15-18(11-12-25)13-16(2)3)23-14-17(4)19-9-7-8-10-20(19)26-5/h7-10,16-18,25H,6,11-15H2,1-5H3,(H2,22,23,24). The Morgan fingerprint density at radius 1 is 1.19 bits per heavy atom. The maximum Gasteiger partial charge on any atom is 0.191 e. The summed E-state index contributed by atoms with van der Waals surface area (Å²) in [6.07, 6.45) is 1.89. The summed E-state index contributed by atoms with van der Waals surface area (Å²) < 4.78 is 5.47. The van der Waals surface area contributed by atoms with Gasteiger partial charge in [-0.3, -0.25) is 4.99 Å². The third-order valence-electron chi connectivity index (χ3n) is 4.44. The molecule has 0 amide bonds. The third-order valence-corrected chi connectivity index (χ3v) is 4.44. The molecular formula is C21H37N3O2. The fourth-order valence-electron chi connectivity index (χ4n) is 3.13. The van der Waals surface area contributed by atoms with E-state index in [9.17, 15) is 5.11 Å². The first-order valence-corrected chi connectivity index (χ1v) is 9.77. The highest BCUT2D eigenvalue weighted by Crippen LogP contribution is 2.25. The average molecular weight is 364 g/mol. The molecule has 0 saturated carbocycles. The lowest BCUT2D eigenvalue weighted by Gasteiger charge is -2.20. The Bertz CT molecular complexity index is 532. The molecule has 3 N–H and O–H groups in total. The van der Waals surface area contributed by atoms with Crippen LogP contribution in [0.5, 0.6) is 5.75 Å². The molecule has 1 aromatic rings. The minimum Gasteiger partial charge on any atom is -0.496 e. The van der Waals surface area contributed by atoms with Crippen molar-refractivity contribution in [3.05, 3.63) is 29.8 Å². The van der Waals surface area contributed by atoms with Gasteiger partial charge in [0.1, 0.15) is 5.75 Å². The van der Waals surface area contributed by atoms with Gasteiger partial charge in [0.05, 0.1) is 7.11 Å². The van der Waals surface area contributed by atoms with Crippen molar-refractivity contribution < 1.29 is 9.84 Å². The lowest BCUT2D eigenvalue weighted by molar-refractivity contribution is 0.245. The zero-order valence-electron chi connectivity index (χ0n) is 17.1. The van der Waals surface area contributed by atoms with Crippen molar-refractivity contribution >= 4 is 5.96 Å². The predicted octanol–water partition coefficient (Wildman–Crippen LogP) is 3.40. The topological polar surface area (TPSA) is 65.9 Å². The maximum atomic E-state index is 9.28. The molecule has 0 aliphatic carbocycles. The Kier molecular flexibility index (Phi) is 10.8. The molecule has 0 aliphatic heterocycles. The number of ether oxygens (including phenoxy) is 1. The van der Waals surface area contributed by atoms with Gasteiger partial charge in [-0.25, -0.2) is 0 Å². The molecular weight excluding hydrogens is 326 g/mol. The number of benzene rings is 1. The number of rotatable bonds is 11. The fraction of sp³-hybridized carbons (Fsp3) is 0.667. The lowest BCUT2D eigenvalue weighted by Crippen LogP contribution is -2.39. The molecule has 2 atom stereocenters. The molecule has 0 heterocycles. The van der Waals surface area contributed by atoms with Crippen LogP contribution >= 0.6 is 0 Å². The van der Waals surface area contributed by atoms with Crippen molar-refractivity contribution in [2.45, 2.75) is 46.5 Å². The first-order chi connectivity index (χ1) is 12.5. The zero-order chi connectivity index (χ0) is 19.4. The molecule has 148 valence electrons. The van der Waals surface area contributed by atoms with E-state index in [0.29, 0.717) is 17.8 Å². The summed E-state index contributed by atoms with van der Waals surface area (Å²) in [5.74, 6) is 3.09. The molecule has 26 heavy (non-hydrogen) atoms. The molecule has 1 aromatic carbocycles. The average Bonchev–Trinajstić information content (AvgIpc) is 2.63. The van der Waals surface area contributed by atoms with E-state index in [1.54, 1.807) is 7.11 Å². The number of nitrogens with one attached hydrogen (secondary N) is 2. The van der Waals surface area contributed by atoms with E-state index >= 15 is 0 Å². The Hall–Kier alpha value is -1.75. The van der Waals surface area contributed by atoms with Crippen LogP contribution in [0.4, 0.5) is 0 Å². The van der Waals surface area contributed by atoms with Crippen LogP contribution in [0.2, 0.25) is 0 Å². The quantitative estimate of drug-likeness (QED) is 0.416. The highest BCUT2D eigenvalue weighted by molar-refractivity contribution is 5.79. The Morgan fingerprint density at radius 3 is 2.54 bits per heavy atom. The molecule has 2 unspecified atom stereocenters. The zero-order valence-corrected chi connectivity index (χ0v) is 17.1. The van der Waals surface area contributed by atoms with Gasteiger partial charge in [-0.05, 0) is 43.2 Å². The largest absolute Gasteiger partial charge is 0.496 e. The number of aliphatic hydroxyl groups excluding tert-OH is 1. The van der Waals surface area contributed by atoms with Crippen molar-refractivity contribution in [3.63, 3.8) is 0 Å². The monoisotopic (exact) mass is 363 g/mol. The van der Waals surface area contributed by atoms with E-state index in [1.807, 2.05) is 18.2 Å². The molecule has 0 spiro atoms. The number of methoxy groups -OCH3 is 1. The summed E-state index contributed by atoms with van der Waals surface area (Å²) in [4.78, 5) is 4.75. The summed E-state index contributed by atoms with van der Waals surface area (Å²) in [5, 5.41) is 16.0. The number of hydrogen-bond donors (Lipinski definition) is 3. The van der Waals surface area contributed by atoms with E-state index in [2.05, 4.69) is 44.4 Å². The van der Waals surface area contributed by atoms with Crippen molar-refractivity contribution in [3.8, 4) is 5.75 Å². The summed E-state index contributed by atoms with van der Waals surface area (Å²) in [6, 6.07) is 8.13. The molecule has 0 bridgehead atoms. The number of hydrogen-bond acceptors (Lipinski definition) is 3. The molecule has 5 nitrogen and oxygen atoms in total. The molecule has 0 radical (unpaired) electrons. The predicted molar refractivity (Wildman–Crippen MR) is 110 cm³/mol. The van der Waals surface area contributed by atoms with Gasteiger partial charge in [0.15, 0.2) is 5.96 Å². The van der Waals surface area contributed by atoms with Crippen LogP contribution in [-0.2, 0) is 0 Å². The van der Waals surface area contributed by atoms with Gasteiger partial charge in [0.25, 0.3) is 0 Å². The van der Waals surface area contributed by atoms with Crippen LogP contribution in [0.15, 0.2) is 29.3 Å². The number of guanidine groups is 1. The van der Waals surface area contributed by atoms with Crippen molar-refractivity contribution in [2.24, 2.45) is 16.8 Å². The second-order valence-electron chi connectivity index (χ2n) is 7.25. The second-order valence-corrected chi connectivity index (χ2v) is 7.25. The molecule has 0 aliphatic rings. The first-order valence-electron chi connectivity index (χ1n) is 9.77. The minimum absolute atomic E-state index is 0.224. The molecule has 0 fully saturated rings. The smallest absolute Gasteiger partial charge is 0.191 e. The molecule has 1 rings (SSSR count). The number of nitrogens with zero attached hydrogens (tertiary/aromatic N) is 1. The van der Waals surface area contributed by atoms with Crippen molar-refractivity contribution in [2.75, 3.05) is 33.4 Å². The maximum absolute atomic E-state index is 9.28. The highest BCUT2D eigenvalue weighted by atomic mass is 16.5. The van der Waals surface area contributed by atoms with Gasteiger partial charge in [-0.2, -0.15) is 0 Å². The highest BCUT2D eigenvalue weighted by Gasteiger charge is 2.13. The van der Waals surface area contributed by atoms with Crippen LogP contribution < -0.4 is 15.4 Å². The number of aliphatic imine (C=N–C) groups is 1. The number of aliphatic hydroxyl groups is 1. The van der Waals surface area contributed by atoms with Gasteiger partial charge in [-0.15, -0.1) is 0 Å². The molecule has 0 saturated heterocycles. The van der Waals surface area contributed by atoms with Gasteiger partial charge in [-0.1, -0.05) is 39.0 Å². The second kappa shape index (κ2) is 12.6. The summed E-state index contributed by atoms with van der Waals surface area (Å²) in [6.45, 7) is 11.2. The van der Waals surface area contributed by atoms with E-state index < -0.39 is 0 Å². The van der Waals surface area contributed by atoms with Crippen LogP contribution in [0.25, 0.3) is 0 Å². The molecule has 5 heteroatoms. The minimum atomic E-state index is 0.224. The van der Waals surface area contributed by atoms with E-state index in [-0.39, 0.29) is 6.61 Å². The summed E-state index contributed by atoms with van der Waals surface area (Å²) in [7, 11) is 1.71. The SMILES string of the molecule is CCNC(=NCC(CCO)CC(C)C)NCC(C)c1ccccc1OC. The normalized spacial score (nSPS) is 14.2. The lowest BCUT2D eigenvalue weighted by atomic mass is 9.94. The Morgan fingerprint density at radius 2 is 1.92 bits per heavy atom. The Labute approximate surface area is 159 Å².